The lowest BCUT2D eigenvalue weighted by Crippen LogP contribution is -2.40. The van der Waals surface area contributed by atoms with Gasteiger partial charge < -0.3 is 16.0 Å². The van der Waals surface area contributed by atoms with Crippen LogP contribution in [0.5, 0.6) is 0 Å². The van der Waals surface area contributed by atoms with Crippen molar-refractivity contribution >= 4 is 17.8 Å². The van der Waals surface area contributed by atoms with Crippen molar-refractivity contribution in [2.24, 2.45) is 11.7 Å². The van der Waals surface area contributed by atoms with Crippen molar-refractivity contribution in [3.63, 3.8) is 0 Å². The average molecular weight is 372 g/mol. The number of benzene rings is 1. The van der Waals surface area contributed by atoms with Crippen LogP contribution >= 0.6 is 0 Å². The fourth-order valence-electron chi connectivity index (χ4n) is 3.96. The second-order valence-corrected chi connectivity index (χ2v) is 7.93. The number of imide groups is 1. The van der Waals surface area contributed by atoms with E-state index < -0.39 is 5.54 Å². The number of hydrogen-bond donors (Lipinski definition) is 2. The SMILES string of the molecule is CC1(C)NC(=O)N(CCCC(=O)N2C[C@@H](CN)[C@H](c3ccccc3)C2)C1=O. The molecular formula is C20H28N4O3. The highest BCUT2D eigenvalue weighted by Gasteiger charge is 2.44. The minimum absolute atomic E-state index is 0.0539. The fraction of sp³-hybridized carbons (Fsp3) is 0.550. The highest BCUT2D eigenvalue weighted by molar-refractivity contribution is 6.06. The maximum atomic E-state index is 12.6. The highest BCUT2D eigenvalue weighted by atomic mass is 16.2. The molecule has 0 bridgehead atoms. The van der Waals surface area contributed by atoms with Crippen LogP contribution in [0.2, 0.25) is 0 Å². The van der Waals surface area contributed by atoms with Gasteiger partial charge in [-0.15, -0.1) is 0 Å². The number of nitrogens with zero attached hydrogens (tertiary/aromatic N) is 2. The zero-order valence-corrected chi connectivity index (χ0v) is 16.0. The molecule has 0 aromatic heterocycles. The lowest BCUT2D eigenvalue weighted by Gasteiger charge is -2.18. The van der Waals surface area contributed by atoms with Crippen LogP contribution in [0.4, 0.5) is 4.79 Å². The fourth-order valence-corrected chi connectivity index (χ4v) is 3.96. The van der Waals surface area contributed by atoms with E-state index in [1.54, 1.807) is 13.8 Å². The quantitative estimate of drug-likeness (QED) is 0.736. The summed E-state index contributed by atoms with van der Waals surface area (Å²) in [5.74, 6) is 0.321. The molecular weight excluding hydrogens is 344 g/mol. The third kappa shape index (κ3) is 3.98. The van der Waals surface area contributed by atoms with E-state index >= 15 is 0 Å². The van der Waals surface area contributed by atoms with E-state index in [-0.39, 0.29) is 36.2 Å². The lowest BCUT2D eigenvalue weighted by atomic mass is 9.89. The van der Waals surface area contributed by atoms with Crippen molar-refractivity contribution in [3.8, 4) is 0 Å². The summed E-state index contributed by atoms with van der Waals surface area (Å²) in [5.41, 5.74) is 6.28. The van der Waals surface area contributed by atoms with Crippen LogP contribution in [0.25, 0.3) is 0 Å². The molecule has 0 saturated carbocycles. The Morgan fingerprint density at radius 1 is 1.22 bits per heavy atom. The molecule has 2 aliphatic rings. The smallest absolute Gasteiger partial charge is 0.325 e. The number of nitrogens with one attached hydrogen (secondary N) is 1. The van der Waals surface area contributed by atoms with Crippen molar-refractivity contribution in [2.45, 2.75) is 38.1 Å². The molecule has 7 nitrogen and oxygen atoms in total. The van der Waals surface area contributed by atoms with Crippen LogP contribution in [0, 0.1) is 5.92 Å². The summed E-state index contributed by atoms with van der Waals surface area (Å²) < 4.78 is 0. The lowest BCUT2D eigenvalue weighted by molar-refractivity contribution is -0.132. The van der Waals surface area contributed by atoms with E-state index in [1.807, 2.05) is 23.1 Å². The predicted molar refractivity (Wildman–Crippen MR) is 102 cm³/mol. The number of carbonyl (C=O) groups is 3. The van der Waals surface area contributed by atoms with Gasteiger partial charge in [0.1, 0.15) is 5.54 Å². The molecule has 0 unspecified atom stereocenters. The largest absolute Gasteiger partial charge is 0.342 e. The highest BCUT2D eigenvalue weighted by Crippen LogP contribution is 2.32. The summed E-state index contributed by atoms with van der Waals surface area (Å²) in [6, 6.07) is 9.78. The first-order valence-corrected chi connectivity index (χ1v) is 9.50. The number of nitrogens with two attached hydrogens (primary N) is 1. The van der Waals surface area contributed by atoms with E-state index in [2.05, 4.69) is 17.4 Å². The first-order chi connectivity index (χ1) is 12.8. The summed E-state index contributed by atoms with van der Waals surface area (Å²) >= 11 is 0. The first-order valence-electron chi connectivity index (χ1n) is 9.50. The van der Waals surface area contributed by atoms with Crippen LogP contribution in [0.3, 0.4) is 0 Å². The molecule has 2 atom stereocenters. The van der Waals surface area contributed by atoms with Crippen molar-refractivity contribution in [3.05, 3.63) is 35.9 Å². The zero-order chi connectivity index (χ0) is 19.6. The first kappa shape index (κ1) is 19.4. The Balaban J connectivity index is 1.53. The van der Waals surface area contributed by atoms with Crippen molar-refractivity contribution in [1.82, 2.24) is 15.1 Å². The number of amides is 4. The Hall–Kier alpha value is -2.41. The van der Waals surface area contributed by atoms with Gasteiger partial charge in [0.25, 0.3) is 5.91 Å². The zero-order valence-electron chi connectivity index (χ0n) is 16.0. The standard InChI is InChI=1S/C20H28N4O3/c1-20(2)18(26)24(19(27)22-20)10-6-9-17(25)23-12-15(11-21)16(13-23)14-7-4-3-5-8-14/h3-5,7-8,15-16H,6,9-13,21H2,1-2H3,(H,22,27)/t15-,16+/m1/s1. The van der Waals surface area contributed by atoms with Gasteiger partial charge in [-0.05, 0) is 38.3 Å². The van der Waals surface area contributed by atoms with Gasteiger partial charge in [0.2, 0.25) is 5.91 Å². The van der Waals surface area contributed by atoms with E-state index in [9.17, 15) is 14.4 Å². The molecule has 0 aliphatic carbocycles. The Morgan fingerprint density at radius 2 is 1.93 bits per heavy atom. The van der Waals surface area contributed by atoms with Gasteiger partial charge in [-0.25, -0.2) is 4.79 Å². The van der Waals surface area contributed by atoms with Crippen LogP contribution in [0.15, 0.2) is 30.3 Å². The second-order valence-electron chi connectivity index (χ2n) is 7.93. The topological polar surface area (TPSA) is 95.7 Å². The van der Waals surface area contributed by atoms with E-state index in [1.165, 1.54) is 10.5 Å². The maximum Gasteiger partial charge on any atom is 0.325 e. The Bertz CT molecular complexity index is 719. The Kier molecular flexibility index (Phi) is 5.51. The molecule has 4 amide bonds. The molecule has 0 radical (unpaired) electrons. The van der Waals surface area contributed by atoms with Gasteiger partial charge in [-0.1, -0.05) is 30.3 Å². The molecule has 1 aromatic rings. The molecule has 3 N–H and O–H groups in total. The third-order valence-electron chi connectivity index (χ3n) is 5.54. The number of rotatable bonds is 6. The molecule has 2 fully saturated rings. The van der Waals surface area contributed by atoms with Gasteiger partial charge in [0.05, 0.1) is 0 Å². The third-order valence-corrected chi connectivity index (χ3v) is 5.54. The number of hydrogen-bond acceptors (Lipinski definition) is 4. The van der Waals surface area contributed by atoms with Crippen molar-refractivity contribution in [1.29, 1.82) is 0 Å². The molecule has 0 spiro atoms. The molecule has 1 aromatic carbocycles. The summed E-state index contributed by atoms with van der Waals surface area (Å²) in [7, 11) is 0. The summed E-state index contributed by atoms with van der Waals surface area (Å²) in [6.45, 7) is 5.49. The normalized spacial score (nSPS) is 24.4. The molecule has 2 saturated heterocycles. The van der Waals surface area contributed by atoms with Gasteiger partial charge in [-0.3, -0.25) is 14.5 Å². The second kappa shape index (κ2) is 7.68. The number of carbonyl (C=O) groups excluding carboxylic acids is 3. The van der Waals surface area contributed by atoms with Gasteiger partial charge in [0, 0.05) is 32.0 Å². The van der Waals surface area contributed by atoms with Crippen molar-refractivity contribution < 1.29 is 14.4 Å². The van der Waals surface area contributed by atoms with Crippen LogP contribution < -0.4 is 11.1 Å². The predicted octanol–water partition coefficient (Wildman–Crippen LogP) is 1.30. The molecule has 2 aliphatic heterocycles. The molecule has 146 valence electrons. The monoisotopic (exact) mass is 372 g/mol. The van der Waals surface area contributed by atoms with Crippen LogP contribution in [0.1, 0.15) is 38.2 Å². The van der Waals surface area contributed by atoms with E-state index in [0.29, 0.717) is 32.5 Å². The minimum atomic E-state index is -0.868. The minimum Gasteiger partial charge on any atom is -0.342 e. The van der Waals surface area contributed by atoms with E-state index in [4.69, 9.17) is 5.73 Å². The summed E-state index contributed by atoms with van der Waals surface area (Å²) in [4.78, 5) is 39.8. The van der Waals surface area contributed by atoms with E-state index in [0.717, 1.165) is 0 Å². The van der Waals surface area contributed by atoms with Gasteiger partial charge >= 0.3 is 6.03 Å². The Labute approximate surface area is 159 Å². The molecule has 3 rings (SSSR count). The molecule has 2 heterocycles. The van der Waals surface area contributed by atoms with Gasteiger partial charge in [-0.2, -0.15) is 0 Å². The maximum absolute atomic E-state index is 12.6. The molecule has 27 heavy (non-hydrogen) atoms. The Morgan fingerprint density at radius 3 is 2.52 bits per heavy atom. The number of likely N-dealkylation sites (tertiary alicyclic amines) is 1. The average Bonchev–Trinajstić information content (AvgIpc) is 3.16. The van der Waals surface area contributed by atoms with Crippen molar-refractivity contribution in [2.75, 3.05) is 26.2 Å². The van der Waals surface area contributed by atoms with Crippen LogP contribution in [-0.4, -0.2) is 59.4 Å². The number of urea groups is 1. The van der Waals surface area contributed by atoms with Crippen LogP contribution in [-0.2, 0) is 9.59 Å². The van der Waals surface area contributed by atoms with Gasteiger partial charge in [0.15, 0.2) is 0 Å². The summed E-state index contributed by atoms with van der Waals surface area (Å²) in [5, 5.41) is 2.65. The summed E-state index contributed by atoms with van der Waals surface area (Å²) in [6.07, 6.45) is 0.782. The molecule has 7 heteroatoms.